The topological polar surface area (TPSA) is 38.7 Å². The van der Waals surface area contributed by atoms with Crippen LogP contribution < -0.4 is 4.74 Å². The predicted octanol–water partition coefficient (Wildman–Crippen LogP) is 3.75. The first kappa shape index (κ1) is 11.0. The molecule has 1 aromatic carbocycles. The summed E-state index contributed by atoms with van der Waals surface area (Å²) in [7, 11) is 0. The average Bonchev–Trinajstić information content (AvgIpc) is 2.06. The van der Waals surface area contributed by atoms with E-state index in [0.29, 0.717) is 0 Å². The van der Waals surface area contributed by atoms with E-state index in [0.717, 1.165) is 18.2 Å². The molecule has 0 aliphatic rings. The van der Waals surface area contributed by atoms with E-state index in [9.17, 15) is 18.1 Å². The Hall–Kier alpha value is -1.11. The van der Waals surface area contributed by atoms with E-state index in [1.807, 2.05) is 0 Å². The van der Waals surface area contributed by atoms with Gasteiger partial charge >= 0.3 is 6.36 Å². The van der Waals surface area contributed by atoms with Gasteiger partial charge in [0.25, 0.3) is 0 Å². The van der Waals surface area contributed by atoms with Gasteiger partial charge in [0.15, 0.2) is 0 Å². The van der Waals surface area contributed by atoms with Crippen LogP contribution in [0.1, 0.15) is 0 Å². The van der Waals surface area contributed by atoms with Gasteiger partial charge in [0, 0.05) is 0 Å². The maximum absolute atomic E-state index is 11.8. The molecule has 76 valence electrons. The van der Waals surface area contributed by atoms with Gasteiger partial charge in [-0.1, -0.05) is 0 Å². The van der Waals surface area contributed by atoms with Crippen LogP contribution in [0.25, 0.3) is 0 Å². The molecule has 0 fully saturated rings. The molecule has 1 aromatic rings. The van der Waals surface area contributed by atoms with Crippen LogP contribution in [0.3, 0.4) is 0 Å². The molecule has 3 nitrogen and oxygen atoms in total. The summed E-state index contributed by atoms with van der Waals surface area (Å²) in [6, 6.07) is 3.27. The summed E-state index contributed by atoms with van der Waals surface area (Å²) in [6.07, 6.45) is -4.75. The van der Waals surface area contributed by atoms with Crippen LogP contribution in [0.15, 0.2) is 27.8 Å². The minimum Gasteiger partial charge on any atom is -0.405 e. The number of hydrogen-bond acceptors (Lipinski definition) is 3. The quantitative estimate of drug-likeness (QED) is 0.767. The summed E-state index contributed by atoms with van der Waals surface area (Å²) in [5, 5.41) is 2.55. The predicted molar refractivity (Wildman–Crippen MR) is 46.3 cm³/mol. The monoisotopic (exact) mass is 269 g/mol. The molecule has 0 unspecified atom stereocenters. The molecule has 1 rings (SSSR count). The molecule has 0 amide bonds. The molecule has 7 heteroatoms. The second kappa shape index (κ2) is 3.95. The lowest BCUT2D eigenvalue weighted by Gasteiger charge is -2.09. The van der Waals surface area contributed by atoms with Crippen LogP contribution >= 0.6 is 15.9 Å². The molecular weight excluding hydrogens is 267 g/mol. The van der Waals surface area contributed by atoms with E-state index < -0.39 is 12.1 Å². The SMILES string of the molecule is O=Nc1ccc(OC(F)(F)F)c(Br)c1. The number of rotatable bonds is 2. The van der Waals surface area contributed by atoms with Crippen molar-refractivity contribution in [2.24, 2.45) is 5.18 Å². The van der Waals surface area contributed by atoms with Gasteiger partial charge in [0.05, 0.1) is 4.47 Å². The van der Waals surface area contributed by atoms with Crippen molar-refractivity contribution in [1.29, 1.82) is 0 Å². The molecule has 0 aliphatic carbocycles. The number of nitrogens with zero attached hydrogens (tertiary/aromatic N) is 1. The number of ether oxygens (including phenoxy) is 1. The van der Waals surface area contributed by atoms with Gasteiger partial charge in [-0.15, -0.1) is 18.1 Å². The first-order valence-electron chi connectivity index (χ1n) is 3.31. The van der Waals surface area contributed by atoms with Crippen molar-refractivity contribution in [2.75, 3.05) is 0 Å². The van der Waals surface area contributed by atoms with Crippen LogP contribution in [0, 0.1) is 4.91 Å². The van der Waals surface area contributed by atoms with E-state index >= 15 is 0 Å². The van der Waals surface area contributed by atoms with Crippen molar-refractivity contribution >= 4 is 21.6 Å². The standard InChI is InChI=1S/C7H3BrF3NO2/c8-5-3-4(12-13)1-2-6(5)14-7(9,10)11/h1-3H. The Morgan fingerprint density at radius 2 is 2.00 bits per heavy atom. The van der Waals surface area contributed by atoms with Crippen molar-refractivity contribution in [3.63, 3.8) is 0 Å². The van der Waals surface area contributed by atoms with Crippen LogP contribution in [0.2, 0.25) is 0 Å². The highest BCUT2D eigenvalue weighted by atomic mass is 79.9. The number of nitroso groups, excluding NO2 is 1. The average molecular weight is 270 g/mol. The minimum atomic E-state index is -4.75. The Kier molecular flexibility index (Phi) is 3.10. The zero-order valence-electron chi connectivity index (χ0n) is 6.51. The van der Waals surface area contributed by atoms with Gasteiger partial charge in [-0.25, -0.2) is 0 Å². The van der Waals surface area contributed by atoms with Gasteiger partial charge in [-0.3, -0.25) is 0 Å². The second-order valence-electron chi connectivity index (χ2n) is 2.25. The molecule has 0 heterocycles. The first-order valence-corrected chi connectivity index (χ1v) is 4.10. The summed E-state index contributed by atoms with van der Waals surface area (Å²) >= 11 is 2.82. The fourth-order valence-electron chi connectivity index (χ4n) is 0.754. The summed E-state index contributed by atoms with van der Waals surface area (Å²) in [6.45, 7) is 0. The van der Waals surface area contributed by atoms with E-state index in [1.165, 1.54) is 0 Å². The third kappa shape index (κ3) is 2.99. The normalized spacial score (nSPS) is 11.1. The Labute approximate surface area is 85.0 Å². The smallest absolute Gasteiger partial charge is 0.405 e. The molecule has 0 atom stereocenters. The maximum atomic E-state index is 11.8. The number of halogens is 4. The zero-order chi connectivity index (χ0) is 10.8. The molecule has 0 saturated heterocycles. The van der Waals surface area contributed by atoms with Crippen molar-refractivity contribution in [3.05, 3.63) is 27.6 Å². The number of alkyl halides is 3. The Balaban J connectivity index is 2.95. The molecule has 0 bridgehead atoms. The lowest BCUT2D eigenvalue weighted by Crippen LogP contribution is -2.17. The minimum absolute atomic E-state index is 0.0198. The number of benzene rings is 1. The summed E-state index contributed by atoms with van der Waals surface area (Å²) < 4.78 is 39.0. The van der Waals surface area contributed by atoms with Crippen LogP contribution in [-0.2, 0) is 0 Å². The van der Waals surface area contributed by atoms with E-state index in [4.69, 9.17) is 0 Å². The highest BCUT2D eigenvalue weighted by Crippen LogP contribution is 2.32. The lowest BCUT2D eigenvalue weighted by atomic mass is 10.3. The Bertz CT molecular complexity index is 353. The summed E-state index contributed by atoms with van der Waals surface area (Å²) in [4.78, 5) is 10.0. The highest BCUT2D eigenvalue weighted by molar-refractivity contribution is 9.10. The molecule has 0 aromatic heterocycles. The van der Waals surface area contributed by atoms with Gasteiger partial charge < -0.3 is 4.74 Å². The lowest BCUT2D eigenvalue weighted by molar-refractivity contribution is -0.274. The molecule has 0 radical (unpaired) electrons. The third-order valence-electron chi connectivity index (χ3n) is 1.25. The Morgan fingerprint density at radius 3 is 2.43 bits per heavy atom. The highest BCUT2D eigenvalue weighted by Gasteiger charge is 2.31. The molecule has 14 heavy (non-hydrogen) atoms. The summed E-state index contributed by atoms with van der Waals surface area (Å²) in [5.74, 6) is -0.412. The Morgan fingerprint density at radius 1 is 1.36 bits per heavy atom. The van der Waals surface area contributed by atoms with Gasteiger partial charge in [0.2, 0.25) is 0 Å². The number of hydrogen-bond donors (Lipinski definition) is 0. The molecular formula is C7H3BrF3NO2. The fourth-order valence-corrected chi connectivity index (χ4v) is 1.20. The summed E-state index contributed by atoms with van der Waals surface area (Å²) in [5.41, 5.74) is 0.0198. The zero-order valence-corrected chi connectivity index (χ0v) is 8.09. The molecule has 0 saturated carbocycles. The van der Waals surface area contributed by atoms with Crippen molar-refractivity contribution in [1.82, 2.24) is 0 Å². The van der Waals surface area contributed by atoms with Gasteiger partial charge in [0.1, 0.15) is 11.4 Å². The molecule has 0 spiro atoms. The van der Waals surface area contributed by atoms with Gasteiger partial charge in [-0.05, 0) is 39.3 Å². The van der Waals surface area contributed by atoms with Gasteiger partial charge in [-0.2, -0.15) is 0 Å². The second-order valence-corrected chi connectivity index (χ2v) is 3.11. The third-order valence-corrected chi connectivity index (χ3v) is 1.87. The van der Waals surface area contributed by atoms with E-state index in [1.54, 1.807) is 0 Å². The van der Waals surface area contributed by atoms with Crippen molar-refractivity contribution in [3.8, 4) is 5.75 Å². The largest absolute Gasteiger partial charge is 0.573 e. The van der Waals surface area contributed by atoms with E-state index in [2.05, 4.69) is 25.8 Å². The molecule has 0 aliphatic heterocycles. The van der Waals surface area contributed by atoms with Crippen LogP contribution in [0.5, 0.6) is 5.75 Å². The fraction of sp³-hybridized carbons (Fsp3) is 0.143. The van der Waals surface area contributed by atoms with Crippen LogP contribution in [-0.4, -0.2) is 6.36 Å². The first-order chi connectivity index (χ1) is 6.42. The maximum Gasteiger partial charge on any atom is 0.573 e. The van der Waals surface area contributed by atoms with Crippen molar-refractivity contribution < 1.29 is 17.9 Å². The van der Waals surface area contributed by atoms with Crippen LogP contribution in [0.4, 0.5) is 18.9 Å². The van der Waals surface area contributed by atoms with Crippen molar-refractivity contribution in [2.45, 2.75) is 6.36 Å². The molecule has 0 N–H and O–H groups in total. The van der Waals surface area contributed by atoms with E-state index in [-0.39, 0.29) is 10.2 Å².